The summed E-state index contributed by atoms with van der Waals surface area (Å²) in [4.78, 5) is 20.1. The highest BCUT2D eigenvalue weighted by Crippen LogP contribution is 2.41. The van der Waals surface area contributed by atoms with E-state index in [-0.39, 0.29) is 30.1 Å². The van der Waals surface area contributed by atoms with E-state index in [9.17, 15) is 9.18 Å². The van der Waals surface area contributed by atoms with E-state index < -0.39 is 5.82 Å². The van der Waals surface area contributed by atoms with Crippen molar-refractivity contribution in [3.63, 3.8) is 0 Å². The van der Waals surface area contributed by atoms with Crippen LogP contribution in [0.25, 0.3) is 0 Å². The summed E-state index contributed by atoms with van der Waals surface area (Å²) in [6, 6.07) is 22.5. The van der Waals surface area contributed by atoms with Crippen LogP contribution in [0.4, 0.5) is 10.1 Å². The molecule has 0 bridgehead atoms. The largest absolute Gasteiger partial charge is 0.452 e. The van der Waals surface area contributed by atoms with Crippen molar-refractivity contribution in [3.05, 3.63) is 107 Å². The second-order valence-corrected chi connectivity index (χ2v) is 10.2. The van der Waals surface area contributed by atoms with E-state index in [1.54, 1.807) is 18.3 Å². The molecule has 37 heavy (non-hydrogen) atoms. The molecule has 0 radical (unpaired) electrons. The van der Waals surface area contributed by atoms with Crippen molar-refractivity contribution in [2.75, 3.05) is 11.9 Å². The molecule has 1 aliphatic heterocycles. The molecule has 1 amide bonds. The number of hydrogen-bond acceptors (Lipinski definition) is 5. The van der Waals surface area contributed by atoms with Gasteiger partial charge in [-0.15, -0.1) is 0 Å². The van der Waals surface area contributed by atoms with Crippen LogP contribution in [0.3, 0.4) is 0 Å². The third-order valence-corrected chi connectivity index (χ3v) is 7.38. The third kappa shape index (κ3) is 5.95. The molecule has 3 heterocycles. The van der Waals surface area contributed by atoms with Crippen LogP contribution in [0.1, 0.15) is 30.0 Å². The van der Waals surface area contributed by atoms with Gasteiger partial charge in [-0.25, -0.2) is 4.39 Å². The maximum atomic E-state index is 14.0. The van der Waals surface area contributed by atoms with Crippen LogP contribution >= 0.6 is 35.6 Å². The van der Waals surface area contributed by atoms with Gasteiger partial charge in [0.1, 0.15) is 17.6 Å². The Labute approximate surface area is 228 Å². The molecule has 1 fully saturated rings. The highest BCUT2D eigenvalue weighted by atomic mass is 35.5. The fourth-order valence-corrected chi connectivity index (χ4v) is 5.36. The Morgan fingerprint density at radius 3 is 2.65 bits per heavy atom. The zero-order valence-electron chi connectivity index (χ0n) is 19.4. The number of pyridine rings is 1. The Morgan fingerprint density at radius 1 is 1.11 bits per heavy atom. The molecule has 0 aliphatic carbocycles. The Balaban J connectivity index is 1.36. The maximum absolute atomic E-state index is 14.0. The number of nitrogens with one attached hydrogen (secondary N) is 2. The van der Waals surface area contributed by atoms with Crippen molar-refractivity contribution in [2.24, 2.45) is 0 Å². The standard InChI is InChI=1S/C27H22ClFN4O2S2/c28-17-8-10-18(11-9-17)37-24-13-12-22(35-24)26-25(21-7-3-4-15-30-21)32-27(36)33(26)16-14-23(34)31-20-6-2-1-5-19(20)29/h1-13,15,25-26H,14,16H2,(H,31,34)(H,32,36)/t25-,26-/m1/s1. The first-order chi connectivity index (χ1) is 18.0. The fourth-order valence-electron chi connectivity index (χ4n) is 4.12. The average Bonchev–Trinajstić information content (AvgIpc) is 3.49. The van der Waals surface area contributed by atoms with Gasteiger partial charge in [0.2, 0.25) is 5.91 Å². The van der Waals surface area contributed by atoms with Gasteiger partial charge in [-0.2, -0.15) is 0 Å². The van der Waals surface area contributed by atoms with Gasteiger partial charge in [0.05, 0.1) is 17.4 Å². The second kappa shape index (κ2) is 11.3. The maximum Gasteiger partial charge on any atom is 0.226 e. The molecule has 0 saturated carbocycles. The van der Waals surface area contributed by atoms with Gasteiger partial charge in [0.25, 0.3) is 0 Å². The van der Waals surface area contributed by atoms with E-state index in [1.807, 2.05) is 59.5 Å². The van der Waals surface area contributed by atoms with Crippen molar-refractivity contribution >= 4 is 52.3 Å². The van der Waals surface area contributed by atoms with Crippen LogP contribution in [0.15, 0.2) is 99.5 Å². The van der Waals surface area contributed by atoms with Crippen LogP contribution < -0.4 is 10.6 Å². The molecule has 2 N–H and O–H groups in total. The predicted octanol–water partition coefficient (Wildman–Crippen LogP) is 6.62. The lowest BCUT2D eigenvalue weighted by Crippen LogP contribution is -2.32. The summed E-state index contributed by atoms with van der Waals surface area (Å²) >= 11 is 13.1. The molecule has 10 heteroatoms. The third-order valence-electron chi connectivity index (χ3n) is 5.85. The minimum absolute atomic E-state index is 0.106. The Bertz CT molecular complexity index is 1400. The molecule has 6 nitrogen and oxygen atoms in total. The number of para-hydroxylation sites is 1. The van der Waals surface area contributed by atoms with Gasteiger partial charge in [-0.1, -0.05) is 41.6 Å². The smallest absolute Gasteiger partial charge is 0.226 e. The van der Waals surface area contributed by atoms with E-state index in [0.717, 1.165) is 10.6 Å². The number of thiocarbonyl (C=S) groups is 1. The lowest BCUT2D eigenvalue weighted by atomic mass is 10.0. The molecular weight excluding hydrogens is 531 g/mol. The molecular formula is C27H22ClFN4O2S2. The molecule has 0 unspecified atom stereocenters. The van der Waals surface area contributed by atoms with Gasteiger partial charge in [-0.3, -0.25) is 9.78 Å². The van der Waals surface area contributed by atoms with Crippen molar-refractivity contribution < 1.29 is 13.6 Å². The average molecular weight is 553 g/mol. The quantitative estimate of drug-likeness (QED) is 0.238. The Hall–Kier alpha value is -3.40. The summed E-state index contributed by atoms with van der Waals surface area (Å²) in [5.41, 5.74) is 0.948. The van der Waals surface area contributed by atoms with E-state index >= 15 is 0 Å². The number of furan rings is 1. The zero-order chi connectivity index (χ0) is 25.8. The number of rotatable bonds is 8. The van der Waals surface area contributed by atoms with Gasteiger partial charge in [0, 0.05) is 29.1 Å². The molecule has 5 rings (SSSR count). The van der Waals surface area contributed by atoms with E-state index in [1.165, 1.54) is 23.9 Å². The lowest BCUT2D eigenvalue weighted by Gasteiger charge is -2.25. The van der Waals surface area contributed by atoms with Crippen LogP contribution in [-0.2, 0) is 4.79 Å². The summed E-state index contributed by atoms with van der Waals surface area (Å²) in [7, 11) is 0. The summed E-state index contributed by atoms with van der Waals surface area (Å²) < 4.78 is 20.2. The number of carbonyl (C=O) groups is 1. The minimum atomic E-state index is -0.483. The molecule has 4 aromatic rings. The number of nitrogens with zero attached hydrogens (tertiary/aromatic N) is 2. The van der Waals surface area contributed by atoms with Gasteiger partial charge < -0.3 is 20.0 Å². The summed E-state index contributed by atoms with van der Waals surface area (Å²) in [5.74, 6) is -0.107. The van der Waals surface area contributed by atoms with Crippen molar-refractivity contribution in [2.45, 2.75) is 28.5 Å². The molecule has 1 saturated heterocycles. The number of anilines is 1. The van der Waals surface area contributed by atoms with Crippen LogP contribution in [-0.4, -0.2) is 27.4 Å². The van der Waals surface area contributed by atoms with Crippen molar-refractivity contribution in [1.29, 1.82) is 0 Å². The van der Waals surface area contributed by atoms with E-state index in [2.05, 4.69) is 15.6 Å². The van der Waals surface area contributed by atoms with Gasteiger partial charge in [0.15, 0.2) is 10.2 Å². The monoisotopic (exact) mass is 552 g/mol. The first-order valence-electron chi connectivity index (χ1n) is 11.5. The van der Waals surface area contributed by atoms with E-state index in [0.29, 0.717) is 27.5 Å². The molecule has 2 atom stereocenters. The zero-order valence-corrected chi connectivity index (χ0v) is 21.8. The molecule has 2 aromatic carbocycles. The summed E-state index contributed by atoms with van der Waals surface area (Å²) in [6.07, 6.45) is 1.83. The number of benzene rings is 2. The van der Waals surface area contributed by atoms with Crippen LogP contribution in [0, 0.1) is 5.82 Å². The first kappa shape index (κ1) is 25.3. The topological polar surface area (TPSA) is 70.4 Å². The molecule has 0 spiro atoms. The van der Waals surface area contributed by atoms with Crippen molar-refractivity contribution in [3.8, 4) is 0 Å². The normalized spacial score (nSPS) is 17.0. The summed E-state index contributed by atoms with van der Waals surface area (Å²) in [5, 5.41) is 7.84. The Kier molecular flexibility index (Phi) is 7.73. The molecule has 2 aromatic heterocycles. The summed E-state index contributed by atoms with van der Waals surface area (Å²) in [6.45, 7) is 0.306. The highest BCUT2D eigenvalue weighted by molar-refractivity contribution is 7.99. The number of amides is 1. The predicted molar refractivity (Wildman–Crippen MR) is 146 cm³/mol. The van der Waals surface area contributed by atoms with Gasteiger partial charge in [-0.05, 0) is 72.9 Å². The fraction of sp³-hybridized carbons (Fsp3) is 0.148. The number of halogens is 2. The lowest BCUT2D eigenvalue weighted by molar-refractivity contribution is -0.116. The Morgan fingerprint density at radius 2 is 1.89 bits per heavy atom. The molecule has 188 valence electrons. The minimum Gasteiger partial charge on any atom is -0.452 e. The number of carbonyl (C=O) groups excluding carboxylic acids is 1. The number of hydrogen-bond donors (Lipinski definition) is 2. The molecule has 1 aliphatic rings. The van der Waals surface area contributed by atoms with Crippen molar-refractivity contribution in [1.82, 2.24) is 15.2 Å². The van der Waals surface area contributed by atoms with E-state index in [4.69, 9.17) is 28.2 Å². The van der Waals surface area contributed by atoms with Crippen LogP contribution in [0.2, 0.25) is 5.02 Å². The van der Waals surface area contributed by atoms with Gasteiger partial charge >= 0.3 is 0 Å². The first-order valence-corrected chi connectivity index (χ1v) is 13.1. The highest BCUT2D eigenvalue weighted by Gasteiger charge is 2.41. The second-order valence-electron chi connectivity index (χ2n) is 8.31. The van der Waals surface area contributed by atoms with Crippen LogP contribution in [0.5, 0.6) is 0 Å². The SMILES string of the molecule is O=C(CCN1C(=S)N[C@H](c2ccccn2)[C@H]1c1ccc(Sc2ccc(Cl)cc2)o1)Nc1ccccc1F. The number of aromatic nitrogens is 1.